The van der Waals surface area contributed by atoms with Gasteiger partial charge in [-0.25, -0.2) is 4.98 Å². The molecule has 0 fully saturated rings. The smallest absolute Gasteiger partial charge is 0.422 e. The number of hydrogen-bond acceptors (Lipinski definition) is 7. The minimum absolute atomic E-state index is 0.00553. The van der Waals surface area contributed by atoms with E-state index in [0.29, 0.717) is 0 Å². The van der Waals surface area contributed by atoms with E-state index in [4.69, 9.17) is 0 Å². The largest absolute Gasteiger partial charge is 0.454 e. The standard InChI is InChI=1S/C8H8F3N7O/c1-12-5-15-6(18-4-13-3-14-18)17-7(16-5)19-2-8(9,10)11/h3-4H,2H2,1H3,(H,12,15,16,17). The summed E-state index contributed by atoms with van der Waals surface area (Å²) in [6, 6.07) is -0.456. The van der Waals surface area contributed by atoms with Gasteiger partial charge in [-0.3, -0.25) is 0 Å². The van der Waals surface area contributed by atoms with Crippen LogP contribution in [0, 0.1) is 0 Å². The van der Waals surface area contributed by atoms with Gasteiger partial charge in [-0.1, -0.05) is 0 Å². The van der Waals surface area contributed by atoms with Gasteiger partial charge in [-0.15, -0.1) is 0 Å². The molecule has 2 aromatic rings. The van der Waals surface area contributed by atoms with Gasteiger partial charge in [-0.2, -0.15) is 37.9 Å². The summed E-state index contributed by atoms with van der Waals surface area (Å²) in [5.41, 5.74) is 0. The topological polar surface area (TPSA) is 90.6 Å². The van der Waals surface area contributed by atoms with Crippen molar-refractivity contribution in [2.45, 2.75) is 6.18 Å². The predicted octanol–water partition coefficient (Wildman–Crippen LogP) is 0.435. The van der Waals surface area contributed by atoms with E-state index in [2.05, 4.69) is 35.1 Å². The van der Waals surface area contributed by atoms with Crippen LogP contribution in [0.5, 0.6) is 6.01 Å². The molecular weight excluding hydrogens is 267 g/mol. The summed E-state index contributed by atoms with van der Waals surface area (Å²) >= 11 is 0. The minimum atomic E-state index is -4.47. The average molecular weight is 275 g/mol. The molecule has 102 valence electrons. The Morgan fingerprint density at radius 1 is 1.32 bits per heavy atom. The number of hydrogen-bond donors (Lipinski definition) is 1. The fourth-order valence-electron chi connectivity index (χ4n) is 1.08. The van der Waals surface area contributed by atoms with Crippen molar-refractivity contribution in [3.63, 3.8) is 0 Å². The van der Waals surface area contributed by atoms with Crippen LogP contribution in [0.3, 0.4) is 0 Å². The molecule has 0 bridgehead atoms. The fourth-order valence-corrected chi connectivity index (χ4v) is 1.08. The molecule has 0 aliphatic heterocycles. The maximum Gasteiger partial charge on any atom is 0.422 e. The highest BCUT2D eigenvalue weighted by atomic mass is 19.4. The Bertz CT molecular complexity index is 542. The van der Waals surface area contributed by atoms with Crippen LogP contribution in [0.15, 0.2) is 12.7 Å². The molecule has 2 aromatic heterocycles. The second kappa shape index (κ2) is 5.04. The fraction of sp³-hybridized carbons (Fsp3) is 0.375. The van der Waals surface area contributed by atoms with Crippen LogP contribution in [-0.4, -0.2) is 49.5 Å². The Kier molecular flexibility index (Phi) is 3.44. The maximum atomic E-state index is 12.1. The lowest BCUT2D eigenvalue weighted by atomic mass is 10.7. The number of aromatic nitrogens is 6. The second-order valence-electron chi connectivity index (χ2n) is 3.24. The first kappa shape index (κ1) is 13.0. The highest BCUT2D eigenvalue weighted by Crippen LogP contribution is 2.17. The summed E-state index contributed by atoms with van der Waals surface area (Å²) in [4.78, 5) is 14.9. The lowest BCUT2D eigenvalue weighted by Crippen LogP contribution is -2.21. The third-order valence-corrected chi connectivity index (χ3v) is 1.82. The number of nitrogens with zero attached hydrogens (tertiary/aromatic N) is 6. The van der Waals surface area contributed by atoms with Gasteiger partial charge in [0.05, 0.1) is 0 Å². The second-order valence-corrected chi connectivity index (χ2v) is 3.24. The molecule has 11 heteroatoms. The molecular formula is C8H8F3N7O. The molecule has 0 radical (unpaired) electrons. The lowest BCUT2D eigenvalue weighted by molar-refractivity contribution is -0.154. The molecule has 2 rings (SSSR count). The van der Waals surface area contributed by atoms with Crippen LogP contribution in [-0.2, 0) is 0 Å². The number of nitrogens with one attached hydrogen (secondary N) is 1. The highest BCUT2D eigenvalue weighted by Gasteiger charge is 2.29. The zero-order valence-corrected chi connectivity index (χ0v) is 9.59. The molecule has 0 aliphatic rings. The van der Waals surface area contributed by atoms with Crippen LogP contribution in [0.1, 0.15) is 0 Å². The molecule has 0 spiro atoms. The SMILES string of the molecule is CNc1nc(OCC(F)(F)F)nc(-n2cncn2)n1. The molecule has 8 nitrogen and oxygen atoms in total. The first-order chi connectivity index (χ1) is 8.98. The number of anilines is 1. The van der Waals surface area contributed by atoms with Gasteiger partial charge in [0.2, 0.25) is 5.95 Å². The van der Waals surface area contributed by atoms with E-state index in [-0.39, 0.29) is 11.9 Å². The summed E-state index contributed by atoms with van der Waals surface area (Å²) in [5, 5.41) is 6.34. The van der Waals surface area contributed by atoms with Crippen molar-refractivity contribution >= 4 is 5.95 Å². The predicted molar refractivity (Wildman–Crippen MR) is 55.8 cm³/mol. The normalized spacial score (nSPS) is 11.4. The average Bonchev–Trinajstić information content (AvgIpc) is 2.89. The molecule has 19 heavy (non-hydrogen) atoms. The van der Waals surface area contributed by atoms with Crippen LogP contribution >= 0.6 is 0 Å². The maximum absolute atomic E-state index is 12.1. The zero-order chi connectivity index (χ0) is 13.9. The van der Waals surface area contributed by atoms with Gasteiger partial charge >= 0.3 is 12.2 Å². The number of rotatable bonds is 4. The van der Waals surface area contributed by atoms with E-state index < -0.39 is 18.8 Å². The molecule has 0 aliphatic carbocycles. The first-order valence-corrected chi connectivity index (χ1v) is 4.96. The van der Waals surface area contributed by atoms with Crippen molar-refractivity contribution in [2.24, 2.45) is 0 Å². The van der Waals surface area contributed by atoms with E-state index in [9.17, 15) is 13.2 Å². The monoisotopic (exact) mass is 275 g/mol. The van der Waals surface area contributed by atoms with Crippen molar-refractivity contribution in [2.75, 3.05) is 19.0 Å². The quantitative estimate of drug-likeness (QED) is 0.865. The van der Waals surface area contributed by atoms with Crippen molar-refractivity contribution in [1.82, 2.24) is 29.7 Å². The summed E-state index contributed by atoms with van der Waals surface area (Å²) in [5.74, 6) is 0.0479. The number of ether oxygens (including phenoxy) is 1. The summed E-state index contributed by atoms with van der Waals surface area (Å²) in [7, 11) is 1.51. The van der Waals surface area contributed by atoms with E-state index in [1.807, 2.05) is 0 Å². The number of alkyl halides is 3. The van der Waals surface area contributed by atoms with Gasteiger partial charge < -0.3 is 10.1 Å². The highest BCUT2D eigenvalue weighted by molar-refractivity contribution is 5.28. The molecule has 1 N–H and O–H groups in total. The molecule has 0 saturated heterocycles. The molecule has 0 saturated carbocycles. The summed E-state index contributed by atoms with van der Waals surface area (Å²) < 4.78 is 41.8. The van der Waals surface area contributed by atoms with Crippen LogP contribution in [0.25, 0.3) is 5.95 Å². The van der Waals surface area contributed by atoms with Gasteiger partial charge in [0.25, 0.3) is 5.95 Å². The van der Waals surface area contributed by atoms with Crippen LogP contribution < -0.4 is 10.1 Å². The van der Waals surface area contributed by atoms with E-state index >= 15 is 0 Å². The lowest BCUT2D eigenvalue weighted by Gasteiger charge is -2.09. The molecule has 0 atom stereocenters. The molecule has 2 heterocycles. The van der Waals surface area contributed by atoms with E-state index in [1.54, 1.807) is 0 Å². The molecule has 0 amide bonds. The molecule has 0 aromatic carbocycles. The number of halogens is 3. The van der Waals surface area contributed by atoms with Crippen molar-refractivity contribution < 1.29 is 17.9 Å². The van der Waals surface area contributed by atoms with Crippen molar-refractivity contribution in [3.8, 4) is 12.0 Å². The van der Waals surface area contributed by atoms with Gasteiger partial charge in [-0.05, 0) is 0 Å². The van der Waals surface area contributed by atoms with E-state index in [0.717, 1.165) is 0 Å². The van der Waals surface area contributed by atoms with Crippen LogP contribution in [0.4, 0.5) is 19.1 Å². The zero-order valence-electron chi connectivity index (χ0n) is 9.59. The Hall–Kier alpha value is -2.46. The third-order valence-electron chi connectivity index (χ3n) is 1.82. The van der Waals surface area contributed by atoms with Crippen molar-refractivity contribution in [3.05, 3.63) is 12.7 Å². The van der Waals surface area contributed by atoms with Crippen LogP contribution in [0.2, 0.25) is 0 Å². The van der Waals surface area contributed by atoms with E-state index in [1.165, 1.54) is 24.4 Å². The molecule has 0 unspecified atom stereocenters. The first-order valence-electron chi connectivity index (χ1n) is 4.96. The Morgan fingerprint density at radius 3 is 2.68 bits per heavy atom. The van der Waals surface area contributed by atoms with Gasteiger partial charge in [0, 0.05) is 7.05 Å². The summed E-state index contributed by atoms with van der Waals surface area (Å²) in [6.07, 6.45) is -1.94. The third kappa shape index (κ3) is 3.50. The van der Waals surface area contributed by atoms with Gasteiger partial charge in [0.15, 0.2) is 6.61 Å². The van der Waals surface area contributed by atoms with Crippen molar-refractivity contribution in [1.29, 1.82) is 0 Å². The Balaban J connectivity index is 2.26. The summed E-state index contributed by atoms with van der Waals surface area (Å²) in [6.45, 7) is -1.49. The Morgan fingerprint density at radius 2 is 2.11 bits per heavy atom. The Labute approximate surface area is 104 Å². The van der Waals surface area contributed by atoms with Gasteiger partial charge in [0.1, 0.15) is 12.7 Å². The minimum Gasteiger partial charge on any atom is -0.454 e.